The van der Waals surface area contributed by atoms with Crippen LogP contribution in [0.15, 0.2) is 23.1 Å². The summed E-state index contributed by atoms with van der Waals surface area (Å²) in [6.45, 7) is 2.42. The van der Waals surface area contributed by atoms with Crippen LogP contribution in [0.25, 0.3) is 0 Å². The number of aryl methyl sites for hydroxylation is 1. The molecule has 1 atom stereocenters. The SMILES string of the molecule is Cc1ccc(S(=O)(=O)N2CC[C@H](N)C2)cc1C(N)=O.Cl. The van der Waals surface area contributed by atoms with E-state index in [0.29, 0.717) is 25.1 Å². The second-order valence-corrected chi connectivity index (χ2v) is 6.69. The number of nitrogens with zero attached hydrogens (tertiary/aromatic N) is 1. The van der Waals surface area contributed by atoms with Gasteiger partial charge in [0.2, 0.25) is 15.9 Å². The minimum atomic E-state index is -3.60. The highest BCUT2D eigenvalue weighted by molar-refractivity contribution is 7.89. The highest BCUT2D eigenvalue weighted by Gasteiger charge is 2.31. The van der Waals surface area contributed by atoms with Gasteiger partial charge in [0.05, 0.1) is 4.90 Å². The third-order valence-electron chi connectivity index (χ3n) is 3.30. The molecular weight excluding hydrogens is 302 g/mol. The molecule has 1 aromatic carbocycles. The van der Waals surface area contributed by atoms with Gasteiger partial charge in [0.25, 0.3) is 0 Å². The largest absolute Gasteiger partial charge is 0.366 e. The van der Waals surface area contributed by atoms with Crippen LogP contribution >= 0.6 is 12.4 Å². The van der Waals surface area contributed by atoms with Gasteiger partial charge in [-0.05, 0) is 31.0 Å². The maximum absolute atomic E-state index is 12.4. The number of nitrogens with two attached hydrogens (primary N) is 2. The van der Waals surface area contributed by atoms with Crippen LogP contribution in [0.2, 0.25) is 0 Å². The quantitative estimate of drug-likeness (QED) is 0.832. The third-order valence-corrected chi connectivity index (χ3v) is 5.16. The molecule has 0 unspecified atom stereocenters. The van der Waals surface area contributed by atoms with E-state index in [1.54, 1.807) is 13.0 Å². The Bertz CT molecular complexity index is 618. The molecule has 20 heavy (non-hydrogen) atoms. The van der Waals surface area contributed by atoms with E-state index in [-0.39, 0.29) is 28.9 Å². The van der Waals surface area contributed by atoms with Crippen LogP contribution < -0.4 is 11.5 Å². The standard InChI is InChI=1S/C12H17N3O3S.ClH/c1-8-2-3-10(6-11(8)12(14)16)19(17,18)15-5-4-9(13)7-15;/h2-3,6,9H,4-5,7,13H2,1H3,(H2,14,16);1H/t9-;/m0./s1. The molecule has 1 aliphatic rings. The Balaban J connectivity index is 0.00000200. The molecule has 1 saturated heterocycles. The molecule has 1 fully saturated rings. The van der Waals surface area contributed by atoms with Gasteiger partial charge in [0.15, 0.2) is 0 Å². The Hall–Kier alpha value is -1.15. The zero-order valence-electron chi connectivity index (χ0n) is 11.1. The summed E-state index contributed by atoms with van der Waals surface area (Å²) in [6, 6.07) is 4.27. The van der Waals surface area contributed by atoms with Crippen molar-refractivity contribution in [2.24, 2.45) is 11.5 Å². The molecule has 112 valence electrons. The van der Waals surface area contributed by atoms with Crippen LogP contribution in [-0.2, 0) is 10.0 Å². The number of benzene rings is 1. The molecule has 0 radical (unpaired) electrons. The molecule has 1 amide bonds. The predicted octanol–water partition coefficient (Wildman–Crippen LogP) is 0.237. The number of hydrogen-bond acceptors (Lipinski definition) is 4. The van der Waals surface area contributed by atoms with E-state index in [2.05, 4.69) is 0 Å². The second-order valence-electron chi connectivity index (χ2n) is 4.75. The van der Waals surface area contributed by atoms with E-state index in [1.807, 2.05) is 0 Å². The van der Waals surface area contributed by atoms with Crippen molar-refractivity contribution in [3.63, 3.8) is 0 Å². The Labute approximate surface area is 124 Å². The average Bonchev–Trinajstić information content (AvgIpc) is 2.76. The topological polar surface area (TPSA) is 106 Å². The van der Waals surface area contributed by atoms with Crippen molar-refractivity contribution in [3.8, 4) is 0 Å². The first-order chi connectivity index (χ1) is 8.82. The van der Waals surface area contributed by atoms with Crippen molar-refractivity contribution in [2.45, 2.75) is 24.3 Å². The maximum Gasteiger partial charge on any atom is 0.249 e. The fourth-order valence-electron chi connectivity index (χ4n) is 2.15. The van der Waals surface area contributed by atoms with E-state index in [9.17, 15) is 13.2 Å². The predicted molar refractivity (Wildman–Crippen MR) is 78.3 cm³/mol. The van der Waals surface area contributed by atoms with Gasteiger partial charge in [-0.1, -0.05) is 6.07 Å². The molecule has 0 saturated carbocycles. The fraction of sp³-hybridized carbons (Fsp3) is 0.417. The number of halogens is 1. The van der Waals surface area contributed by atoms with Gasteiger partial charge in [0.1, 0.15) is 0 Å². The van der Waals surface area contributed by atoms with Crippen LogP contribution in [-0.4, -0.2) is 37.8 Å². The van der Waals surface area contributed by atoms with Gasteiger partial charge < -0.3 is 11.5 Å². The lowest BCUT2D eigenvalue weighted by atomic mass is 10.1. The van der Waals surface area contributed by atoms with Crippen LogP contribution in [0.1, 0.15) is 22.3 Å². The first-order valence-corrected chi connectivity index (χ1v) is 7.42. The lowest BCUT2D eigenvalue weighted by Crippen LogP contribution is -2.32. The number of amides is 1. The van der Waals surface area contributed by atoms with Crippen molar-refractivity contribution in [3.05, 3.63) is 29.3 Å². The lowest BCUT2D eigenvalue weighted by molar-refractivity contribution is 0.0999. The molecule has 1 aliphatic heterocycles. The number of hydrogen-bond donors (Lipinski definition) is 2. The van der Waals surface area contributed by atoms with Crippen molar-refractivity contribution in [2.75, 3.05) is 13.1 Å². The zero-order chi connectivity index (χ0) is 14.2. The van der Waals surface area contributed by atoms with Crippen LogP contribution in [0.5, 0.6) is 0 Å². The van der Waals surface area contributed by atoms with Gasteiger partial charge in [-0.2, -0.15) is 4.31 Å². The molecule has 0 aliphatic carbocycles. The van der Waals surface area contributed by atoms with Gasteiger partial charge >= 0.3 is 0 Å². The van der Waals surface area contributed by atoms with Crippen molar-refractivity contribution >= 4 is 28.3 Å². The fourth-order valence-corrected chi connectivity index (χ4v) is 3.69. The highest BCUT2D eigenvalue weighted by Crippen LogP contribution is 2.22. The minimum absolute atomic E-state index is 0. The van der Waals surface area contributed by atoms with Crippen molar-refractivity contribution in [1.29, 1.82) is 0 Å². The van der Waals surface area contributed by atoms with Crippen molar-refractivity contribution < 1.29 is 13.2 Å². The smallest absolute Gasteiger partial charge is 0.249 e. The van der Waals surface area contributed by atoms with Gasteiger partial charge in [-0.15, -0.1) is 12.4 Å². The van der Waals surface area contributed by atoms with Crippen LogP contribution in [0, 0.1) is 6.92 Å². The molecule has 0 bridgehead atoms. The van der Waals surface area contributed by atoms with E-state index < -0.39 is 15.9 Å². The average molecular weight is 320 g/mol. The molecule has 4 N–H and O–H groups in total. The van der Waals surface area contributed by atoms with E-state index in [4.69, 9.17) is 11.5 Å². The summed E-state index contributed by atoms with van der Waals surface area (Å²) < 4.78 is 26.1. The molecule has 6 nitrogen and oxygen atoms in total. The molecule has 2 rings (SSSR count). The molecular formula is C12H18ClN3O3S. The molecule has 0 spiro atoms. The molecule has 8 heteroatoms. The summed E-state index contributed by atoms with van der Waals surface area (Å²) in [5, 5.41) is 0. The number of rotatable bonds is 3. The Morgan fingerprint density at radius 2 is 2.05 bits per heavy atom. The van der Waals surface area contributed by atoms with Crippen LogP contribution in [0.3, 0.4) is 0 Å². The molecule has 1 heterocycles. The van der Waals surface area contributed by atoms with Gasteiger partial charge in [-0.25, -0.2) is 8.42 Å². The van der Waals surface area contributed by atoms with Gasteiger partial charge in [0, 0.05) is 24.7 Å². The summed E-state index contributed by atoms with van der Waals surface area (Å²) in [4.78, 5) is 11.4. The molecule has 1 aromatic rings. The highest BCUT2D eigenvalue weighted by atomic mass is 35.5. The first kappa shape index (κ1) is 16.9. The lowest BCUT2D eigenvalue weighted by Gasteiger charge is -2.16. The summed E-state index contributed by atoms with van der Waals surface area (Å²) in [6.07, 6.45) is 0.647. The number of carbonyl (C=O) groups is 1. The Morgan fingerprint density at radius 1 is 1.40 bits per heavy atom. The Kier molecular flexibility index (Phi) is 5.15. The Morgan fingerprint density at radius 3 is 2.55 bits per heavy atom. The normalized spacial score (nSPS) is 19.6. The summed E-state index contributed by atoms with van der Waals surface area (Å²) >= 11 is 0. The number of carbonyl (C=O) groups excluding carboxylic acids is 1. The van der Waals surface area contributed by atoms with Crippen LogP contribution in [0.4, 0.5) is 0 Å². The summed E-state index contributed by atoms with van der Waals surface area (Å²) in [5.41, 5.74) is 11.8. The number of primary amides is 1. The van der Waals surface area contributed by atoms with Crippen molar-refractivity contribution in [1.82, 2.24) is 4.31 Å². The minimum Gasteiger partial charge on any atom is -0.366 e. The van der Waals surface area contributed by atoms with Gasteiger partial charge in [-0.3, -0.25) is 4.79 Å². The first-order valence-electron chi connectivity index (χ1n) is 5.98. The summed E-state index contributed by atoms with van der Waals surface area (Å²) in [5.74, 6) is -0.632. The third kappa shape index (κ3) is 3.12. The number of sulfonamides is 1. The summed E-state index contributed by atoms with van der Waals surface area (Å²) in [7, 11) is -3.60. The van der Waals surface area contributed by atoms with E-state index in [0.717, 1.165) is 0 Å². The second kappa shape index (κ2) is 6.09. The maximum atomic E-state index is 12.4. The van der Waals surface area contributed by atoms with E-state index >= 15 is 0 Å². The monoisotopic (exact) mass is 319 g/mol. The zero-order valence-corrected chi connectivity index (χ0v) is 12.7. The molecule has 0 aromatic heterocycles. The van der Waals surface area contributed by atoms with E-state index in [1.165, 1.54) is 16.4 Å².